The normalized spacial score (nSPS) is 20.6. The Balaban J connectivity index is 2.20. The molecule has 1 aliphatic heterocycles. The number of benzene rings is 1. The van der Waals surface area contributed by atoms with Gasteiger partial charge in [0.2, 0.25) is 11.8 Å². The van der Waals surface area contributed by atoms with Crippen LogP contribution in [0.25, 0.3) is 0 Å². The molecule has 2 amide bonds. The number of hydrogen-bond acceptors (Lipinski definition) is 3. The first-order valence-electron chi connectivity index (χ1n) is 6.84. The Morgan fingerprint density at radius 2 is 2.10 bits per heavy atom. The van der Waals surface area contributed by atoms with Crippen molar-refractivity contribution in [3.05, 3.63) is 29.8 Å². The first-order chi connectivity index (χ1) is 9.52. The maximum atomic E-state index is 12.6. The lowest BCUT2D eigenvalue weighted by Gasteiger charge is -2.32. The number of para-hydroxylation sites is 1. The van der Waals surface area contributed by atoms with E-state index in [4.69, 9.17) is 0 Å². The van der Waals surface area contributed by atoms with E-state index in [9.17, 15) is 9.59 Å². The van der Waals surface area contributed by atoms with Crippen LogP contribution in [0.1, 0.15) is 24.8 Å². The highest BCUT2D eigenvalue weighted by Gasteiger charge is 2.31. The Bertz CT molecular complexity index is 516. The van der Waals surface area contributed by atoms with Crippen LogP contribution in [0.2, 0.25) is 0 Å². The van der Waals surface area contributed by atoms with Gasteiger partial charge in [0.25, 0.3) is 0 Å². The molecule has 2 atom stereocenters. The van der Waals surface area contributed by atoms with Crippen LogP contribution in [-0.4, -0.2) is 43.4 Å². The molecule has 2 rings (SSSR count). The first-order valence-corrected chi connectivity index (χ1v) is 6.84. The van der Waals surface area contributed by atoms with Gasteiger partial charge in [0.15, 0.2) is 0 Å². The van der Waals surface area contributed by atoms with Gasteiger partial charge in [-0.1, -0.05) is 18.2 Å². The van der Waals surface area contributed by atoms with Gasteiger partial charge in [-0.3, -0.25) is 9.59 Å². The lowest BCUT2D eigenvalue weighted by atomic mass is 9.86. The van der Waals surface area contributed by atoms with E-state index in [1.165, 1.54) is 4.90 Å². The average Bonchev–Trinajstić information content (AvgIpc) is 2.45. The molecule has 0 fully saturated rings. The molecule has 2 N–H and O–H groups in total. The van der Waals surface area contributed by atoms with Gasteiger partial charge in [-0.25, -0.2) is 0 Å². The molecule has 2 unspecified atom stereocenters. The van der Waals surface area contributed by atoms with Crippen LogP contribution in [0.15, 0.2) is 24.3 Å². The highest BCUT2D eigenvalue weighted by Crippen LogP contribution is 2.34. The van der Waals surface area contributed by atoms with E-state index in [1.807, 2.05) is 24.3 Å². The van der Waals surface area contributed by atoms with Crippen molar-refractivity contribution in [1.29, 1.82) is 0 Å². The average molecular weight is 275 g/mol. The molecule has 1 aromatic rings. The summed E-state index contributed by atoms with van der Waals surface area (Å²) in [5.41, 5.74) is 2.03. The molecular weight excluding hydrogens is 254 g/mol. The number of rotatable bonds is 3. The zero-order valence-electron chi connectivity index (χ0n) is 12.1. The molecule has 108 valence electrons. The second kappa shape index (κ2) is 5.94. The molecule has 5 heteroatoms. The fourth-order valence-electron chi connectivity index (χ4n) is 2.61. The highest BCUT2D eigenvalue weighted by molar-refractivity contribution is 5.90. The van der Waals surface area contributed by atoms with Gasteiger partial charge in [0.05, 0.1) is 12.5 Å². The van der Waals surface area contributed by atoms with E-state index in [1.54, 1.807) is 14.1 Å². The molecule has 1 aliphatic rings. The Kier molecular flexibility index (Phi) is 4.27. The molecule has 5 nitrogen and oxygen atoms in total. The van der Waals surface area contributed by atoms with Crippen molar-refractivity contribution in [3.63, 3.8) is 0 Å². The van der Waals surface area contributed by atoms with Crippen molar-refractivity contribution < 1.29 is 9.59 Å². The van der Waals surface area contributed by atoms with Gasteiger partial charge in [0.1, 0.15) is 0 Å². The monoisotopic (exact) mass is 275 g/mol. The van der Waals surface area contributed by atoms with Crippen molar-refractivity contribution in [2.45, 2.75) is 25.3 Å². The lowest BCUT2D eigenvalue weighted by molar-refractivity contribution is -0.136. The van der Waals surface area contributed by atoms with Crippen molar-refractivity contribution in [3.8, 4) is 0 Å². The molecule has 0 saturated carbocycles. The number of hydrogen-bond donors (Lipinski definition) is 2. The SMILES string of the molecule is CNC(=O)CN(C)C(=O)C1CC(C)Nc2ccccc21. The first kappa shape index (κ1) is 14.4. The summed E-state index contributed by atoms with van der Waals surface area (Å²) in [6.07, 6.45) is 0.744. The Morgan fingerprint density at radius 1 is 1.40 bits per heavy atom. The third kappa shape index (κ3) is 2.92. The third-order valence-electron chi connectivity index (χ3n) is 3.66. The molecular formula is C15H21N3O2. The summed E-state index contributed by atoms with van der Waals surface area (Å²) in [6.45, 7) is 2.16. The Morgan fingerprint density at radius 3 is 2.80 bits per heavy atom. The summed E-state index contributed by atoms with van der Waals surface area (Å²) >= 11 is 0. The van der Waals surface area contributed by atoms with Crippen LogP contribution in [0.4, 0.5) is 5.69 Å². The zero-order valence-corrected chi connectivity index (χ0v) is 12.1. The largest absolute Gasteiger partial charge is 0.382 e. The summed E-state index contributed by atoms with van der Waals surface area (Å²) in [6, 6.07) is 8.11. The topological polar surface area (TPSA) is 61.4 Å². The quantitative estimate of drug-likeness (QED) is 0.871. The standard InChI is InChI=1S/C15H21N3O2/c1-10-8-12(11-6-4-5-7-13(11)17-10)15(20)18(3)9-14(19)16-2/h4-7,10,12,17H,8-9H2,1-3H3,(H,16,19). The van der Waals surface area contributed by atoms with Crippen molar-refractivity contribution in [1.82, 2.24) is 10.2 Å². The van der Waals surface area contributed by atoms with Gasteiger partial charge in [-0.2, -0.15) is 0 Å². The Labute approximate surface area is 119 Å². The summed E-state index contributed by atoms with van der Waals surface area (Å²) in [5.74, 6) is -0.345. The maximum Gasteiger partial charge on any atom is 0.239 e. The molecule has 0 radical (unpaired) electrons. The van der Waals surface area contributed by atoms with E-state index < -0.39 is 0 Å². The molecule has 0 bridgehead atoms. The minimum Gasteiger partial charge on any atom is -0.382 e. The number of amides is 2. The minimum absolute atomic E-state index is 0.00519. The summed E-state index contributed by atoms with van der Waals surface area (Å²) in [7, 11) is 3.25. The van der Waals surface area contributed by atoms with Gasteiger partial charge >= 0.3 is 0 Å². The van der Waals surface area contributed by atoms with Crippen LogP contribution in [0.5, 0.6) is 0 Å². The van der Waals surface area contributed by atoms with Gasteiger partial charge in [-0.05, 0) is 25.0 Å². The zero-order chi connectivity index (χ0) is 14.7. The lowest BCUT2D eigenvalue weighted by Crippen LogP contribution is -2.41. The number of likely N-dealkylation sites (N-methyl/N-ethyl adjacent to an activating group) is 2. The minimum atomic E-state index is -0.183. The summed E-state index contributed by atoms with van der Waals surface area (Å²) < 4.78 is 0. The maximum absolute atomic E-state index is 12.6. The van der Waals surface area contributed by atoms with Crippen molar-refractivity contribution in [2.24, 2.45) is 0 Å². The van der Waals surface area contributed by atoms with Gasteiger partial charge in [-0.15, -0.1) is 0 Å². The van der Waals surface area contributed by atoms with Crippen LogP contribution in [-0.2, 0) is 9.59 Å². The molecule has 0 aromatic heterocycles. The number of fused-ring (bicyclic) bond motifs is 1. The van der Waals surface area contributed by atoms with E-state index in [0.29, 0.717) is 0 Å². The number of carbonyl (C=O) groups excluding carboxylic acids is 2. The fraction of sp³-hybridized carbons (Fsp3) is 0.467. The van der Waals surface area contributed by atoms with Crippen LogP contribution >= 0.6 is 0 Å². The number of nitrogens with zero attached hydrogens (tertiary/aromatic N) is 1. The van der Waals surface area contributed by atoms with Crippen molar-refractivity contribution in [2.75, 3.05) is 26.0 Å². The van der Waals surface area contributed by atoms with Gasteiger partial charge < -0.3 is 15.5 Å². The molecule has 1 heterocycles. The number of nitrogens with one attached hydrogen (secondary N) is 2. The highest BCUT2D eigenvalue weighted by atomic mass is 16.2. The number of anilines is 1. The van der Waals surface area contributed by atoms with E-state index in [0.717, 1.165) is 17.7 Å². The fourth-order valence-corrected chi connectivity index (χ4v) is 2.61. The van der Waals surface area contributed by atoms with Gasteiger partial charge in [0, 0.05) is 25.8 Å². The van der Waals surface area contributed by atoms with Crippen LogP contribution < -0.4 is 10.6 Å². The van der Waals surface area contributed by atoms with E-state index in [2.05, 4.69) is 17.6 Å². The predicted octanol–water partition coefficient (Wildman–Crippen LogP) is 1.18. The molecule has 1 aromatic carbocycles. The second-order valence-corrected chi connectivity index (χ2v) is 5.29. The summed E-state index contributed by atoms with van der Waals surface area (Å²) in [4.78, 5) is 25.5. The molecule has 0 aliphatic carbocycles. The van der Waals surface area contributed by atoms with Crippen molar-refractivity contribution >= 4 is 17.5 Å². The Hall–Kier alpha value is -2.04. The van der Waals surface area contributed by atoms with Crippen LogP contribution in [0, 0.1) is 0 Å². The van der Waals surface area contributed by atoms with Crippen LogP contribution in [0.3, 0.4) is 0 Å². The molecule has 20 heavy (non-hydrogen) atoms. The molecule has 0 spiro atoms. The summed E-state index contributed by atoms with van der Waals surface area (Å²) in [5, 5.41) is 5.92. The molecule has 0 saturated heterocycles. The number of carbonyl (C=O) groups is 2. The smallest absolute Gasteiger partial charge is 0.239 e. The van der Waals surface area contributed by atoms with E-state index >= 15 is 0 Å². The predicted molar refractivity (Wildman–Crippen MR) is 78.6 cm³/mol. The third-order valence-corrected chi connectivity index (χ3v) is 3.66. The second-order valence-electron chi connectivity index (χ2n) is 5.29. The van der Waals surface area contributed by atoms with E-state index in [-0.39, 0.29) is 30.3 Å².